The maximum atomic E-state index is 11.3. The van der Waals surface area contributed by atoms with E-state index < -0.39 is 12.0 Å². The molecule has 3 heterocycles. The zero-order valence-electron chi connectivity index (χ0n) is 9.65. The first-order valence-corrected chi connectivity index (χ1v) is 5.84. The number of aromatic nitrogens is 4. The lowest BCUT2D eigenvalue weighted by atomic mass is 10.0. The summed E-state index contributed by atoms with van der Waals surface area (Å²) in [6.07, 6.45) is 5.57. The van der Waals surface area contributed by atoms with Crippen LogP contribution in [0.4, 0.5) is 0 Å². The molecule has 6 heteroatoms. The fourth-order valence-corrected chi connectivity index (χ4v) is 2.34. The first-order chi connectivity index (χ1) is 8.77. The van der Waals surface area contributed by atoms with Gasteiger partial charge in [0.15, 0.2) is 5.82 Å². The zero-order valence-corrected chi connectivity index (χ0v) is 9.65. The first kappa shape index (κ1) is 10.9. The summed E-state index contributed by atoms with van der Waals surface area (Å²) in [5.41, 5.74) is 0.844. The summed E-state index contributed by atoms with van der Waals surface area (Å²) in [6.45, 7) is 0. The second-order valence-electron chi connectivity index (χ2n) is 4.29. The van der Waals surface area contributed by atoms with Crippen LogP contribution >= 0.6 is 0 Å². The molecule has 1 N–H and O–H groups in total. The molecule has 2 aromatic rings. The Hall–Kier alpha value is -2.24. The molecule has 3 rings (SSSR count). The Morgan fingerprint density at radius 1 is 1.33 bits per heavy atom. The second kappa shape index (κ2) is 4.21. The van der Waals surface area contributed by atoms with Crippen molar-refractivity contribution < 1.29 is 9.90 Å². The van der Waals surface area contributed by atoms with Gasteiger partial charge in [0, 0.05) is 24.4 Å². The van der Waals surface area contributed by atoms with Gasteiger partial charge in [0.2, 0.25) is 0 Å². The van der Waals surface area contributed by atoms with Crippen molar-refractivity contribution in [3.05, 3.63) is 30.4 Å². The predicted molar refractivity (Wildman–Crippen MR) is 62.9 cm³/mol. The maximum Gasteiger partial charge on any atom is 0.326 e. The quantitative estimate of drug-likeness (QED) is 0.861. The van der Waals surface area contributed by atoms with Gasteiger partial charge in [-0.15, -0.1) is 10.2 Å². The number of hydrogen-bond acceptors (Lipinski definition) is 4. The molecule has 92 valence electrons. The van der Waals surface area contributed by atoms with Crippen LogP contribution in [0.3, 0.4) is 0 Å². The molecular formula is C12H12N4O2. The summed E-state index contributed by atoms with van der Waals surface area (Å²) in [7, 11) is 0. The van der Waals surface area contributed by atoms with Gasteiger partial charge >= 0.3 is 5.97 Å². The molecule has 1 aliphatic heterocycles. The molecule has 0 amide bonds. The van der Waals surface area contributed by atoms with Gasteiger partial charge in [0.1, 0.15) is 11.9 Å². The van der Waals surface area contributed by atoms with Gasteiger partial charge in [0.05, 0.1) is 0 Å². The van der Waals surface area contributed by atoms with Crippen LogP contribution in [0.2, 0.25) is 0 Å². The van der Waals surface area contributed by atoms with Gasteiger partial charge in [-0.25, -0.2) is 4.79 Å². The highest BCUT2D eigenvalue weighted by atomic mass is 16.4. The van der Waals surface area contributed by atoms with Crippen molar-refractivity contribution in [2.45, 2.75) is 25.3 Å². The van der Waals surface area contributed by atoms with E-state index in [1.54, 1.807) is 17.0 Å². The molecule has 0 saturated heterocycles. The van der Waals surface area contributed by atoms with Crippen molar-refractivity contribution >= 4 is 5.97 Å². The molecule has 2 aromatic heterocycles. The average Bonchev–Trinajstić information content (AvgIpc) is 2.83. The van der Waals surface area contributed by atoms with Crippen molar-refractivity contribution in [1.82, 2.24) is 19.7 Å². The van der Waals surface area contributed by atoms with Crippen LogP contribution in [0.1, 0.15) is 24.7 Å². The number of nitrogens with zero attached hydrogens (tertiary/aromatic N) is 4. The molecule has 0 spiro atoms. The van der Waals surface area contributed by atoms with E-state index in [0.717, 1.165) is 24.2 Å². The molecular weight excluding hydrogens is 232 g/mol. The van der Waals surface area contributed by atoms with Crippen molar-refractivity contribution in [3.8, 4) is 11.4 Å². The highest BCUT2D eigenvalue weighted by Gasteiger charge is 2.29. The van der Waals surface area contributed by atoms with E-state index in [4.69, 9.17) is 0 Å². The van der Waals surface area contributed by atoms with Gasteiger partial charge < -0.3 is 5.11 Å². The highest BCUT2D eigenvalue weighted by molar-refractivity contribution is 5.73. The molecule has 0 saturated carbocycles. The van der Waals surface area contributed by atoms with Crippen LogP contribution in [-0.2, 0) is 11.2 Å². The number of aliphatic carboxylic acids is 1. The van der Waals surface area contributed by atoms with Gasteiger partial charge in [-0.2, -0.15) is 0 Å². The molecule has 0 aromatic carbocycles. The van der Waals surface area contributed by atoms with E-state index in [9.17, 15) is 9.90 Å². The average molecular weight is 244 g/mol. The molecule has 0 bridgehead atoms. The Bertz CT molecular complexity index is 579. The molecule has 1 atom stereocenters. The Morgan fingerprint density at radius 3 is 2.83 bits per heavy atom. The highest BCUT2D eigenvalue weighted by Crippen LogP contribution is 2.29. The Kier molecular flexibility index (Phi) is 2.55. The summed E-state index contributed by atoms with van der Waals surface area (Å²) in [5.74, 6) is 0.533. The molecule has 0 radical (unpaired) electrons. The number of hydrogen-bond donors (Lipinski definition) is 1. The lowest BCUT2D eigenvalue weighted by Gasteiger charge is -2.22. The lowest BCUT2D eigenvalue weighted by Crippen LogP contribution is -2.25. The summed E-state index contributed by atoms with van der Waals surface area (Å²) >= 11 is 0. The van der Waals surface area contributed by atoms with E-state index in [1.165, 1.54) is 0 Å². The van der Waals surface area contributed by atoms with Crippen LogP contribution in [-0.4, -0.2) is 30.8 Å². The number of carboxylic acid groups (broad SMARTS) is 1. The Balaban J connectivity index is 2.13. The molecule has 18 heavy (non-hydrogen) atoms. The van der Waals surface area contributed by atoms with Crippen LogP contribution < -0.4 is 0 Å². The fourth-order valence-electron chi connectivity index (χ4n) is 2.34. The third-order valence-corrected chi connectivity index (χ3v) is 3.18. The van der Waals surface area contributed by atoms with E-state index in [-0.39, 0.29) is 0 Å². The molecule has 1 aliphatic rings. The smallest absolute Gasteiger partial charge is 0.326 e. The summed E-state index contributed by atoms with van der Waals surface area (Å²) < 4.78 is 1.74. The van der Waals surface area contributed by atoms with Crippen molar-refractivity contribution in [2.24, 2.45) is 0 Å². The van der Waals surface area contributed by atoms with Crippen molar-refractivity contribution in [1.29, 1.82) is 0 Å². The number of carboxylic acids is 1. The van der Waals surface area contributed by atoms with Gasteiger partial charge in [0.25, 0.3) is 0 Å². The fraction of sp³-hybridized carbons (Fsp3) is 0.333. The SMILES string of the molecule is O=C(O)C1CCCc2nnc(-c3ccncc3)n21. The molecule has 6 nitrogen and oxygen atoms in total. The Labute approximate surface area is 103 Å². The third-order valence-electron chi connectivity index (χ3n) is 3.18. The van der Waals surface area contributed by atoms with Crippen molar-refractivity contribution in [3.63, 3.8) is 0 Å². The van der Waals surface area contributed by atoms with E-state index in [2.05, 4.69) is 15.2 Å². The summed E-state index contributed by atoms with van der Waals surface area (Å²) in [4.78, 5) is 15.3. The van der Waals surface area contributed by atoms with Crippen LogP contribution in [0.5, 0.6) is 0 Å². The molecule has 0 fully saturated rings. The lowest BCUT2D eigenvalue weighted by molar-refractivity contribution is -0.141. The van der Waals surface area contributed by atoms with E-state index in [0.29, 0.717) is 12.2 Å². The Morgan fingerprint density at radius 2 is 2.11 bits per heavy atom. The first-order valence-electron chi connectivity index (χ1n) is 5.84. The minimum Gasteiger partial charge on any atom is -0.480 e. The standard InChI is InChI=1S/C12H12N4O2/c17-12(18)9-2-1-3-10-14-15-11(16(9)10)8-4-6-13-7-5-8/h4-7,9H,1-3H2,(H,17,18). The number of rotatable bonds is 2. The second-order valence-corrected chi connectivity index (χ2v) is 4.29. The summed E-state index contributed by atoms with van der Waals surface area (Å²) in [6, 6.07) is 3.06. The summed E-state index contributed by atoms with van der Waals surface area (Å²) in [5, 5.41) is 17.5. The number of fused-ring (bicyclic) bond motifs is 1. The number of aryl methyl sites for hydroxylation is 1. The zero-order chi connectivity index (χ0) is 12.5. The largest absolute Gasteiger partial charge is 0.480 e. The van der Waals surface area contributed by atoms with Crippen LogP contribution in [0, 0.1) is 0 Å². The topological polar surface area (TPSA) is 80.9 Å². The molecule has 1 unspecified atom stereocenters. The van der Waals surface area contributed by atoms with Crippen LogP contribution in [0.25, 0.3) is 11.4 Å². The van der Waals surface area contributed by atoms with Crippen molar-refractivity contribution in [2.75, 3.05) is 0 Å². The monoisotopic (exact) mass is 244 g/mol. The number of pyridine rings is 1. The van der Waals surface area contributed by atoms with E-state index >= 15 is 0 Å². The maximum absolute atomic E-state index is 11.3. The predicted octanol–water partition coefficient (Wildman–Crippen LogP) is 1.30. The van der Waals surface area contributed by atoms with E-state index in [1.807, 2.05) is 12.1 Å². The third kappa shape index (κ3) is 1.66. The van der Waals surface area contributed by atoms with Gasteiger partial charge in [-0.1, -0.05) is 0 Å². The van der Waals surface area contributed by atoms with Crippen LogP contribution in [0.15, 0.2) is 24.5 Å². The minimum atomic E-state index is -0.828. The molecule has 0 aliphatic carbocycles. The normalized spacial score (nSPS) is 18.3. The number of carbonyl (C=O) groups is 1. The van der Waals surface area contributed by atoms with Gasteiger partial charge in [-0.05, 0) is 25.0 Å². The minimum absolute atomic E-state index is 0.563. The van der Waals surface area contributed by atoms with Gasteiger partial charge in [-0.3, -0.25) is 9.55 Å².